The van der Waals surface area contributed by atoms with Crippen LogP contribution in [0.4, 0.5) is 0 Å². The summed E-state index contributed by atoms with van der Waals surface area (Å²) < 4.78 is 0. The van der Waals surface area contributed by atoms with E-state index in [0.717, 1.165) is 12.3 Å². The molecule has 0 bridgehead atoms. The molecule has 1 fully saturated rings. The zero-order chi connectivity index (χ0) is 8.32. The van der Waals surface area contributed by atoms with Crippen molar-refractivity contribution in [2.45, 2.75) is 33.1 Å². The Morgan fingerprint density at radius 3 is 2.73 bits per heavy atom. The zero-order valence-electron chi connectivity index (χ0n) is 7.25. The highest BCUT2D eigenvalue weighted by molar-refractivity contribution is 4.94. The van der Waals surface area contributed by atoms with Crippen molar-refractivity contribution >= 4 is 0 Å². The van der Waals surface area contributed by atoms with Gasteiger partial charge in [0.1, 0.15) is 0 Å². The van der Waals surface area contributed by atoms with E-state index in [1.54, 1.807) is 0 Å². The molecule has 1 aliphatic carbocycles. The number of azide groups is 1. The minimum absolute atomic E-state index is 0.580. The van der Waals surface area contributed by atoms with E-state index < -0.39 is 0 Å². The second kappa shape index (κ2) is 3.14. The van der Waals surface area contributed by atoms with Crippen LogP contribution in [-0.4, -0.2) is 6.54 Å². The number of hydrogen-bond donors (Lipinski definition) is 0. The number of rotatable bonds is 4. The monoisotopic (exact) mass is 153 g/mol. The Bertz CT molecular complexity index is 180. The quantitative estimate of drug-likeness (QED) is 0.258. The molecule has 0 aromatic carbocycles. The summed E-state index contributed by atoms with van der Waals surface area (Å²) >= 11 is 0. The number of hydrogen-bond acceptors (Lipinski definition) is 1. The molecule has 0 saturated heterocycles. The van der Waals surface area contributed by atoms with Crippen LogP contribution in [0.5, 0.6) is 0 Å². The molecule has 3 nitrogen and oxygen atoms in total. The molecule has 0 radical (unpaired) electrons. The topological polar surface area (TPSA) is 48.8 Å². The standard InChI is InChI=1S/C8H15N3/c1-8(2)6-7(8)4-3-5-10-11-9/h7H,3-6H2,1-2H3/t7-/m0/s1. The Balaban J connectivity index is 2.02. The van der Waals surface area contributed by atoms with Crippen molar-refractivity contribution in [3.63, 3.8) is 0 Å². The van der Waals surface area contributed by atoms with E-state index in [1.807, 2.05) is 0 Å². The molecule has 0 aromatic heterocycles. The van der Waals surface area contributed by atoms with E-state index in [2.05, 4.69) is 23.9 Å². The van der Waals surface area contributed by atoms with Gasteiger partial charge in [0.05, 0.1) is 0 Å². The maximum atomic E-state index is 8.01. The van der Waals surface area contributed by atoms with Crippen molar-refractivity contribution in [3.05, 3.63) is 10.4 Å². The van der Waals surface area contributed by atoms with Gasteiger partial charge < -0.3 is 0 Å². The van der Waals surface area contributed by atoms with Crippen molar-refractivity contribution < 1.29 is 0 Å². The molecular formula is C8H15N3. The van der Waals surface area contributed by atoms with Crippen LogP contribution in [0.1, 0.15) is 33.1 Å². The third-order valence-electron chi connectivity index (χ3n) is 2.59. The highest BCUT2D eigenvalue weighted by Gasteiger charge is 2.44. The van der Waals surface area contributed by atoms with Gasteiger partial charge in [0.15, 0.2) is 0 Å². The lowest BCUT2D eigenvalue weighted by Crippen LogP contribution is -1.91. The Morgan fingerprint density at radius 1 is 1.64 bits per heavy atom. The van der Waals surface area contributed by atoms with E-state index in [9.17, 15) is 0 Å². The van der Waals surface area contributed by atoms with E-state index in [1.165, 1.54) is 12.8 Å². The van der Waals surface area contributed by atoms with Crippen molar-refractivity contribution in [2.24, 2.45) is 16.4 Å². The second-order valence-corrected chi connectivity index (χ2v) is 3.99. The molecule has 0 aliphatic heterocycles. The lowest BCUT2D eigenvalue weighted by atomic mass is 10.1. The fraction of sp³-hybridized carbons (Fsp3) is 1.00. The average molecular weight is 153 g/mol. The third kappa shape index (κ3) is 2.43. The maximum absolute atomic E-state index is 8.01. The van der Waals surface area contributed by atoms with Gasteiger partial charge in [0.25, 0.3) is 0 Å². The average Bonchev–Trinajstić information content (AvgIpc) is 2.52. The van der Waals surface area contributed by atoms with E-state index in [4.69, 9.17) is 5.53 Å². The summed E-state index contributed by atoms with van der Waals surface area (Å²) in [7, 11) is 0. The molecule has 1 atom stereocenters. The molecule has 0 unspecified atom stereocenters. The van der Waals surface area contributed by atoms with Gasteiger partial charge in [0.2, 0.25) is 0 Å². The Labute approximate surface area is 67.4 Å². The molecule has 1 rings (SSSR count). The molecule has 1 saturated carbocycles. The van der Waals surface area contributed by atoms with E-state index in [0.29, 0.717) is 12.0 Å². The smallest absolute Gasteiger partial charge is 0.0258 e. The van der Waals surface area contributed by atoms with Crippen molar-refractivity contribution in [1.82, 2.24) is 0 Å². The SMILES string of the molecule is CC1(C)C[C@@H]1CCCN=[N+]=[N-]. The van der Waals surface area contributed by atoms with Crippen molar-refractivity contribution in [1.29, 1.82) is 0 Å². The molecule has 0 N–H and O–H groups in total. The maximum Gasteiger partial charge on any atom is 0.0258 e. The highest BCUT2D eigenvalue weighted by Crippen LogP contribution is 2.53. The summed E-state index contributed by atoms with van der Waals surface area (Å²) in [6.45, 7) is 5.26. The Kier molecular flexibility index (Phi) is 2.40. The van der Waals surface area contributed by atoms with Gasteiger partial charge in [-0.1, -0.05) is 19.0 Å². The first-order valence-electron chi connectivity index (χ1n) is 4.17. The lowest BCUT2D eigenvalue weighted by Gasteiger charge is -1.99. The van der Waals surface area contributed by atoms with Crippen LogP contribution in [0.25, 0.3) is 10.4 Å². The molecule has 0 heterocycles. The first-order chi connectivity index (χ1) is 5.17. The molecular weight excluding hydrogens is 138 g/mol. The summed E-state index contributed by atoms with van der Waals surface area (Å²) in [5.41, 5.74) is 8.59. The fourth-order valence-electron chi connectivity index (χ4n) is 1.52. The first kappa shape index (κ1) is 8.41. The van der Waals surface area contributed by atoms with Crippen molar-refractivity contribution in [2.75, 3.05) is 6.54 Å². The molecule has 11 heavy (non-hydrogen) atoms. The molecule has 0 spiro atoms. The largest absolute Gasteiger partial charge is 0.0940 e. The predicted molar refractivity (Wildman–Crippen MR) is 45.1 cm³/mol. The van der Waals surface area contributed by atoms with E-state index >= 15 is 0 Å². The Hall–Kier alpha value is -0.690. The predicted octanol–water partition coefficient (Wildman–Crippen LogP) is 3.12. The molecule has 1 aliphatic rings. The first-order valence-corrected chi connectivity index (χ1v) is 4.17. The van der Waals surface area contributed by atoms with Gasteiger partial charge in [-0.05, 0) is 36.1 Å². The molecule has 0 amide bonds. The van der Waals surface area contributed by atoms with Crippen LogP contribution in [0.15, 0.2) is 5.11 Å². The van der Waals surface area contributed by atoms with Gasteiger partial charge in [-0.2, -0.15) is 0 Å². The summed E-state index contributed by atoms with van der Waals surface area (Å²) in [6, 6.07) is 0. The summed E-state index contributed by atoms with van der Waals surface area (Å²) in [4.78, 5) is 2.71. The van der Waals surface area contributed by atoms with Gasteiger partial charge in [-0.15, -0.1) is 0 Å². The van der Waals surface area contributed by atoms with Crippen LogP contribution < -0.4 is 0 Å². The summed E-state index contributed by atoms with van der Waals surface area (Å²) in [5, 5.41) is 3.50. The number of nitrogens with zero attached hydrogens (tertiary/aromatic N) is 3. The fourth-order valence-corrected chi connectivity index (χ4v) is 1.52. The normalized spacial score (nSPS) is 25.8. The van der Waals surface area contributed by atoms with Crippen LogP contribution in [0, 0.1) is 11.3 Å². The van der Waals surface area contributed by atoms with Gasteiger partial charge >= 0.3 is 0 Å². The van der Waals surface area contributed by atoms with Gasteiger partial charge in [-0.3, -0.25) is 0 Å². The second-order valence-electron chi connectivity index (χ2n) is 3.99. The van der Waals surface area contributed by atoms with Crippen LogP contribution >= 0.6 is 0 Å². The highest BCUT2D eigenvalue weighted by atomic mass is 15.1. The van der Waals surface area contributed by atoms with Crippen molar-refractivity contribution in [3.8, 4) is 0 Å². The van der Waals surface area contributed by atoms with Crippen LogP contribution in [-0.2, 0) is 0 Å². The minimum atomic E-state index is 0.580. The molecule has 3 heteroatoms. The molecule has 0 aromatic rings. The molecule has 62 valence electrons. The van der Waals surface area contributed by atoms with Gasteiger partial charge in [-0.25, -0.2) is 0 Å². The van der Waals surface area contributed by atoms with Crippen LogP contribution in [0.2, 0.25) is 0 Å². The third-order valence-corrected chi connectivity index (χ3v) is 2.59. The zero-order valence-corrected chi connectivity index (χ0v) is 7.25. The summed E-state index contributed by atoms with van der Waals surface area (Å²) in [5.74, 6) is 0.886. The summed E-state index contributed by atoms with van der Waals surface area (Å²) in [6.07, 6.45) is 3.63. The van der Waals surface area contributed by atoms with E-state index in [-0.39, 0.29) is 0 Å². The minimum Gasteiger partial charge on any atom is -0.0940 e. The lowest BCUT2D eigenvalue weighted by molar-refractivity contribution is 0.521. The van der Waals surface area contributed by atoms with Gasteiger partial charge in [0, 0.05) is 11.5 Å². The Morgan fingerprint density at radius 2 is 2.27 bits per heavy atom. The van der Waals surface area contributed by atoms with Crippen LogP contribution in [0.3, 0.4) is 0 Å².